The number of oxazole rings is 1. The van der Waals surface area contributed by atoms with Crippen molar-refractivity contribution in [2.45, 2.75) is 25.4 Å². The van der Waals surface area contributed by atoms with Crippen LogP contribution in [-0.4, -0.2) is 39.6 Å². The molecule has 0 aliphatic carbocycles. The number of benzene rings is 2. The Balaban J connectivity index is 1.36. The van der Waals surface area contributed by atoms with Crippen molar-refractivity contribution in [2.24, 2.45) is 0 Å². The van der Waals surface area contributed by atoms with Crippen LogP contribution < -0.4 is 10.6 Å². The SMILES string of the molecule is O=C1CCC(N2C(=O)c3cccc(NCc4ncc(-c5cccc(F)c5)o4)c3C2=O)C(=O)N1. The van der Waals surface area contributed by atoms with Gasteiger partial charge in [0, 0.05) is 17.7 Å². The third kappa shape index (κ3) is 3.65. The minimum absolute atomic E-state index is 0.0483. The van der Waals surface area contributed by atoms with Crippen molar-refractivity contribution in [1.29, 1.82) is 0 Å². The number of aromatic nitrogens is 1. The summed E-state index contributed by atoms with van der Waals surface area (Å²) in [5.74, 6) is -2.01. The molecule has 3 heterocycles. The molecule has 166 valence electrons. The van der Waals surface area contributed by atoms with Crippen LogP contribution in [0.4, 0.5) is 10.1 Å². The Labute approximate surface area is 186 Å². The molecule has 3 aromatic rings. The number of imide groups is 2. The lowest BCUT2D eigenvalue weighted by Crippen LogP contribution is -2.54. The van der Waals surface area contributed by atoms with Gasteiger partial charge in [0.05, 0.1) is 23.9 Å². The maximum absolute atomic E-state index is 13.5. The molecule has 2 aliphatic heterocycles. The van der Waals surface area contributed by atoms with Crippen LogP contribution in [-0.2, 0) is 16.1 Å². The Kier molecular flexibility index (Phi) is 4.97. The molecule has 2 aromatic carbocycles. The Morgan fingerprint density at radius 3 is 2.73 bits per heavy atom. The van der Waals surface area contributed by atoms with E-state index in [1.165, 1.54) is 24.4 Å². The summed E-state index contributed by atoms with van der Waals surface area (Å²) in [6, 6.07) is 9.64. The molecule has 0 bridgehead atoms. The van der Waals surface area contributed by atoms with Crippen LogP contribution >= 0.6 is 0 Å². The van der Waals surface area contributed by atoms with Crippen LogP contribution in [0.15, 0.2) is 53.1 Å². The summed E-state index contributed by atoms with van der Waals surface area (Å²) in [5, 5.41) is 5.22. The summed E-state index contributed by atoms with van der Waals surface area (Å²) in [7, 11) is 0. The molecule has 1 saturated heterocycles. The number of hydrogen-bond donors (Lipinski definition) is 2. The standard InChI is InChI=1S/C23H17FN4O5/c24-13-4-1-3-12(9-13)17-10-26-19(33-17)11-25-15-6-2-5-14-20(15)23(32)28(22(14)31)16-7-8-18(29)27-21(16)30/h1-6,9-10,16,25H,7-8,11H2,(H,27,29,30). The molecular formula is C23H17FN4O5. The van der Waals surface area contributed by atoms with Crippen molar-refractivity contribution in [1.82, 2.24) is 15.2 Å². The van der Waals surface area contributed by atoms with E-state index in [2.05, 4.69) is 15.6 Å². The number of carbonyl (C=O) groups is 4. The van der Waals surface area contributed by atoms with E-state index in [1.807, 2.05) is 0 Å². The zero-order valence-electron chi connectivity index (χ0n) is 17.1. The summed E-state index contributed by atoms with van der Waals surface area (Å²) < 4.78 is 19.1. The molecule has 1 aromatic heterocycles. The maximum atomic E-state index is 13.5. The summed E-state index contributed by atoms with van der Waals surface area (Å²) in [4.78, 5) is 54.8. The van der Waals surface area contributed by atoms with Crippen molar-refractivity contribution < 1.29 is 28.0 Å². The Morgan fingerprint density at radius 1 is 1.12 bits per heavy atom. The second-order valence-electron chi connectivity index (χ2n) is 7.66. The molecular weight excluding hydrogens is 431 g/mol. The molecule has 1 atom stereocenters. The van der Waals surface area contributed by atoms with Gasteiger partial charge in [-0.2, -0.15) is 0 Å². The van der Waals surface area contributed by atoms with Gasteiger partial charge in [-0.25, -0.2) is 9.37 Å². The first kappa shape index (κ1) is 20.6. The van der Waals surface area contributed by atoms with E-state index in [-0.39, 0.29) is 30.5 Å². The van der Waals surface area contributed by atoms with Gasteiger partial charge in [0.1, 0.15) is 11.9 Å². The molecule has 0 spiro atoms. The highest BCUT2D eigenvalue weighted by Gasteiger charge is 2.45. The molecule has 33 heavy (non-hydrogen) atoms. The molecule has 1 fully saturated rings. The molecule has 1 unspecified atom stereocenters. The highest BCUT2D eigenvalue weighted by molar-refractivity contribution is 6.25. The van der Waals surface area contributed by atoms with Gasteiger partial charge in [0.25, 0.3) is 11.8 Å². The molecule has 2 N–H and O–H groups in total. The van der Waals surface area contributed by atoms with Crippen LogP contribution in [0, 0.1) is 5.82 Å². The molecule has 0 saturated carbocycles. The Morgan fingerprint density at radius 2 is 1.94 bits per heavy atom. The second kappa shape index (κ2) is 7.97. The monoisotopic (exact) mass is 448 g/mol. The average Bonchev–Trinajstić information content (AvgIpc) is 3.37. The molecule has 2 aliphatic rings. The first-order valence-corrected chi connectivity index (χ1v) is 10.2. The van der Waals surface area contributed by atoms with Crippen LogP contribution in [0.5, 0.6) is 0 Å². The van der Waals surface area contributed by atoms with Crippen molar-refractivity contribution >= 4 is 29.3 Å². The Hall–Kier alpha value is -4.34. The molecule has 10 heteroatoms. The highest BCUT2D eigenvalue weighted by atomic mass is 19.1. The number of anilines is 1. The average molecular weight is 448 g/mol. The number of nitrogens with one attached hydrogen (secondary N) is 2. The third-order valence-corrected chi connectivity index (χ3v) is 5.56. The van der Waals surface area contributed by atoms with Gasteiger partial charge in [0.15, 0.2) is 5.76 Å². The zero-order chi connectivity index (χ0) is 23.1. The number of amides is 4. The van der Waals surface area contributed by atoms with Gasteiger partial charge in [-0.05, 0) is 30.7 Å². The number of carbonyl (C=O) groups excluding carboxylic acids is 4. The lowest BCUT2D eigenvalue weighted by Gasteiger charge is -2.27. The maximum Gasteiger partial charge on any atom is 0.264 e. The second-order valence-corrected chi connectivity index (χ2v) is 7.66. The smallest absolute Gasteiger partial charge is 0.264 e. The predicted octanol–water partition coefficient (Wildman–Crippen LogP) is 2.49. The molecule has 0 radical (unpaired) electrons. The minimum Gasteiger partial charge on any atom is -0.439 e. The van der Waals surface area contributed by atoms with E-state index >= 15 is 0 Å². The quantitative estimate of drug-likeness (QED) is 0.575. The number of nitrogens with zero attached hydrogens (tertiary/aromatic N) is 2. The normalized spacial score (nSPS) is 17.8. The van der Waals surface area contributed by atoms with Crippen LogP contribution in [0.1, 0.15) is 39.4 Å². The minimum atomic E-state index is -1.04. The van der Waals surface area contributed by atoms with E-state index in [0.29, 0.717) is 22.9 Å². The Bertz CT molecular complexity index is 1320. The molecule has 4 amide bonds. The summed E-state index contributed by atoms with van der Waals surface area (Å²) >= 11 is 0. The van der Waals surface area contributed by atoms with Gasteiger partial charge in [-0.15, -0.1) is 0 Å². The fourth-order valence-corrected chi connectivity index (χ4v) is 4.00. The predicted molar refractivity (Wildman–Crippen MR) is 112 cm³/mol. The number of hydrogen-bond acceptors (Lipinski definition) is 7. The number of fused-ring (bicyclic) bond motifs is 1. The summed E-state index contributed by atoms with van der Waals surface area (Å²) in [5.41, 5.74) is 1.23. The molecule has 5 rings (SSSR count). The van der Waals surface area contributed by atoms with E-state index in [4.69, 9.17) is 4.42 Å². The number of rotatable bonds is 5. The van der Waals surface area contributed by atoms with Crippen molar-refractivity contribution in [3.63, 3.8) is 0 Å². The largest absolute Gasteiger partial charge is 0.439 e. The topological polar surface area (TPSA) is 122 Å². The van der Waals surface area contributed by atoms with Crippen molar-refractivity contribution in [3.05, 3.63) is 71.5 Å². The third-order valence-electron chi connectivity index (χ3n) is 5.56. The van der Waals surface area contributed by atoms with Crippen LogP contribution in [0.25, 0.3) is 11.3 Å². The highest BCUT2D eigenvalue weighted by Crippen LogP contribution is 2.32. The van der Waals surface area contributed by atoms with Gasteiger partial charge in [-0.1, -0.05) is 18.2 Å². The molecule has 9 nitrogen and oxygen atoms in total. The van der Waals surface area contributed by atoms with E-state index in [1.54, 1.807) is 24.3 Å². The van der Waals surface area contributed by atoms with Gasteiger partial charge in [0.2, 0.25) is 17.7 Å². The fraction of sp³-hybridized carbons (Fsp3) is 0.174. The van der Waals surface area contributed by atoms with E-state index in [0.717, 1.165) is 4.90 Å². The van der Waals surface area contributed by atoms with E-state index < -0.39 is 35.5 Å². The first-order valence-electron chi connectivity index (χ1n) is 10.2. The van der Waals surface area contributed by atoms with Gasteiger partial charge in [-0.3, -0.25) is 29.4 Å². The van der Waals surface area contributed by atoms with Crippen LogP contribution in [0.2, 0.25) is 0 Å². The lowest BCUT2D eigenvalue weighted by atomic mass is 10.0. The number of piperidine rings is 1. The van der Waals surface area contributed by atoms with Crippen LogP contribution in [0.3, 0.4) is 0 Å². The van der Waals surface area contributed by atoms with Crippen molar-refractivity contribution in [2.75, 3.05) is 5.32 Å². The first-order chi connectivity index (χ1) is 15.9. The summed E-state index contributed by atoms with van der Waals surface area (Å²) in [6.45, 7) is 0.103. The zero-order valence-corrected chi connectivity index (χ0v) is 17.1. The number of halogens is 1. The van der Waals surface area contributed by atoms with Gasteiger partial charge >= 0.3 is 0 Å². The van der Waals surface area contributed by atoms with Gasteiger partial charge < -0.3 is 9.73 Å². The lowest BCUT2D eigenvalue weighted by molar-refractivity contribution is -0.136. The fourth-order valence-electron chi connectivity index (χ4n) is 4.00. The van der Waals surface area contributed by atoms with E-state index in [9.17, 15) is 23.6 Å². The van der Waals surface area contributed by atoms with Crippen molar-refractivity contribution in [3.8, 4) is 11.3 Å². The summed E-state index contributed by atoms with van der Waals surface area (Å²) in [6.07, 6.45) is 1.60.